The number of amides is 5. The molecule has 5 aliphatic rings. The van der Waals surface area contributed by atoms with Gasteiger partial charge in [-0.3, -0.25) is 44.1 Å². The summed E-state index contributed by atoms with van der Waals surface area (Å²) in [4.78, 5) is 85.3. The number of fused-ring (bicyclic) bond motifs is 2. The lowest BCUT2D eigenvalue weighted by atomic mass is 9.49. The van der Waals surface area contributed by atoms with E-state index in [-0.39, 0.29) is 53.3 Å². The minimum atomic E-state index is -0.983. The number of aromatic nitrogens is 2. The van der Waals surface area contributed by atoms with E-state index in [1.807, 2.05) is 36.4 Å². The molecule has 4 aliphatic heterocycles. The molecule has 5 amide bonds. The summed E-state index contributed by atoms with van der Waals surface area (Å²) in [5.41, 5.74) is 2.31. The molecule has 4 fully saturated rings. The van der Waals surface area contributed by atoms with Crippen LogP contribution in [0.4, 0.5) is 17.2 Å². The number of carbonyl (C=O) groups is 5. The van der Waals surface area contributed by atoms with Gasteiger partial charge in [0.25, 0.3) is 17.7 Å². The third-order valence-corrected chi connectivity index (χ3v) is 14.2. The van der Waals surface area contributed by atoms with E-state index in [0.717, 1.165) is 73.9 Å². The van der Waals surface area contributed by atoms with Crippen molar-refractivity contribution in [3.8, 4) is 5.75 Å². The minimum absolute atomic E-state index is 0.0857. The molecule has 0 spiro atoms. The fourth-order valence-corrected chi connectivity index (χ4v) is 11.0. The van der Waals surface area contributed by atoms with Crippen LogP contribution in [0.1, 0.15) is 91.4 Å². The molecule has 15 nitrogen and oxygen atoms in total. The first-order valence-electron chi connectivity index (χ1n) is 21.9. The van der Waals surface area contributed by atoms with Crippen molar-refractivity contribution in [1.82, 2.24) is 30.4 Å². The van der Waals surface area contributed by atoms with Gasteiger partial charge in [0.1, 0.15) is 23.7 Å². The van der Waals surface area contributed by atoms with Gasteiger partial charge in [-0.25, -0.2) is 9.83 Å². The molecule has 2 aromatic carbocycles. The van der Waals surface area contributed by atoms with Crippen LogP contribution >= 0.6 is 0 Å². The van der Waals surface area contributed by atoms with Crippen molar-refractivity contribution in [2.24, 2.45) is 16.7 Å². The second kappa shape index (κ2) is 16.1. The van der Waals surface area contributed by atoms with Crippen molar-refractivity contribution in [2.75, 3.05) is 49.1 Å². The second-order valence-corrected chi connectivity index (χ2v) is 18.9. The number of nitrogens with zero attached hydrogens (tertiary/aromatic N) is 7. The lowest BCUT2D eigenvalue weighted by Crippen LogP contribution is -2.74. The molecule has 63 heavy (non-hydrogen) atoms. The van der Waals surface area contributed by atoms with Gasteiger partial charge >= 0.3 is 0 Å². The van der Waals surface area contributed by atoms with Crippen molar-refractivity contribution in [3.05, 3.63) is 95.1 Å². The number of benzene rings is 2. The van der Waals surface area contributed by atoms with Gasteiger partial charge in [-0.1, -0.05) is 33.8 Å². The Morgan fingerprint density at radius 2 is 1.67 bits per heavy atom. The molecule has 0 radical (unpaired) electrons. The average molecular weight is 852 g/mol. The Labute approximate surface area is 367 Å². The van der Waals surface area contributed by atoms with E-state index in [9.17, 15) is 24.0 Å². The number of imide groups is 2. The van der Waals surface area contributed by atoms with Crippen molar-refractivity contribution in [3.63, 3.8) is 0 Å². The number of anilines is 2. The largest absolute Gasteiger partial charge is 0.489 e. The SMILES string of the molecule is [C-]#[N+]c1ccc(OC2C(C)(C)C(NC(=O)c3ccc(N4CCC(CN5CCN(c6ccc7c(c6)C(=O)N(C6CCC(=O)NC6=O)C7=O)C[C@@H]5C)CC4)nc3)C2(C)C)c2cccnc12. The highest BCUT2D eigenvalue weighted by atomic mass is 16.5. The van der Waals surface area contributed by atoms with E-state index in [4.69, 9.17) is 16.3 Å². The smallest absolute Gasteiger partial charge is 0.262 e. The maximum atomic E-state index is 13.6. The number of hydrogen-bond donors (Lipinski definition) is 2. The van der Waals surface area contributed by atoms with Crippen LogP contribution < -0.4 is 25.2 Å². The summed E-state index contributed by atoms with van der Waals surface area (Å²) in [5.74, 6) is -0.0798. The van der Waals surface area contributed by atoms with E-state index >= 15 is 0 Å². The van der Waals surface area contributed by atoms with Gasteiger partial charge in [0.05, 0.1) is 28.8 Å². The maximum absolute atomic E-state index is 13.6. The fourth-order valence-electron chi connectivity index (χ4n) is 11.0. The number of ether oxygens (including phenoxy) is 1. The van der Waals surface area contributed by atoms with Crippen LogP contribution in [0, 0.1) is 23.3 Å². The zero-order valence-electron chi connectivity index (χ0n) is 36.4. The van der Waals surface area contributed by atoms with Crippen LogP contribution in [0.2, 0.25) is 0 Å². The van der Waals surface area contributed by atoms with Gasteiger partial charge in [-0.2, -0.15) is 0 Å². The van der Waals surface area contributed by atoms with Crippen LogP contribution in [0.3, 0.4) is 0 Å². The zero-order chi connectivity index (χ0) is 44.4. The summed E-state index contributed by atoms with van der Waals surface area (Å²) in [6.45, 7) is 23.4. The number of carbonyl (C=O) groups excluding carboxylic acids is 5. The Bertz CT molecular complexity index is 2550. The molecule has 3 saturated heterocycles. The lowest BCUT2D eigenvalue weighted by Gasteiger charge is -2.63. The molecule has 9 rings (SSSR count). The highest BCUT2D eigenvalue weighted by Crippen LogP contribution is 2.56. The molecule has 2 N–H and O–H groups in total. The number of hydrogen-bond acceptors (Lipinski definition) is 11. The van der Waals surface area contributed by atoms with Crippen LogP contribution in [-0.4, -0.2) is 113 Å². The fraction of sp³-hybridized carbons (Fsp3) is 0.458. The Balaban J connectivity index is 0.751. The summed E-state index contributed by atoms with van der Waals surface area (Å²) in [5, 5.41) is 6.34. The van der Waals surface area contributed by atoms with Gasteiger partial charge in [-0.05, 0) is 80.6 Å². The van der Waals surface area contributed by atoms with Gasteiger partial charge in [0.2, 0.25) is 17.5 Å². The van der Waals surface area contributed by atoms with E-state index in [1.165, 1.54) is 0 Å². The molecule has 6 heterocycles. The third kappa shape index (κ3) is 7.43. The monoisotopic (exact) mass is 851 g/mol. The average Bonchev–Trinajstić information content (AvgIpc) is 3.52. The van der Waals surface area contributed by atoms with Crippen molar-refractivity contribution >= 4 is 57.6 Å². The molecule has 0 bridgehead atoms. The highest BCUT2D eigenvalue weighted by molar-refractivity contribution is 6.23. The first-order valence-corrected chi connectivity index (χ1v) is 21.9. The number of nitrogens with one attached hydrogen (secondary N) is 2. The third-order valence-electron chi connectivity index (χ3n) is 14.2. The molecule has 1 aliphatic carbocycles. The molecule has 326 valence electrons. The van der Waals surface area contributed by atoms with Crippen molar-refractivity contribution < 1.29 is 28.7 Å². The molecule has 1 saturated carbocycles. The van der Waals surface area contributed by atoms with Gasteiger partial charge < -0.3 is 19.9 Å². The summed E-state index contributed by atoms with van der Waals surface area (Å²) in [6.07, 6.45) is 5.44. The highest BCUT2D eigenvalue weighted by Gasteiger charge is 2.64. The Hall–Kier alpha value is -6.40. The second-order valence-electron chi connectivity index (χ2n) is 18.9. The Morgan fingerprint density at radius 1 is 0.905 bits per heavy atom. The number of piperidine rings is 2. The summed E-state index contributed by atoms with van der Waals surface area (Å²) >= 11 is 0. The van der Waals surface area contributed by atoms with Crippen LogP contribution in [0.25, 0.3) is 15.7 Å². The molecular formula is C48H53N9O6. The lowest BCUT2D eigenvalue weighted by molar-refractivity contribution is -0.163. The van der Waals surface area contributed by atoms with Gasteiger partial charge in [-0.15, -0.1) is 0 Å². The normalized spacial score (nSPS) is 24.7. The predicted octanol–water partition coefficient (Wildman–Crippen LogP) is 5.62. The number of rotatable bonds is 9. The quantitative estimate of drug-likeness (QED) is 0.159. The molecule has 2 atom stereocenters. The zero-order valence-corrected chi connectivity index (χ0v) is 36.4. The van der Waals surface area contributed by atoms with Crippen molar-refractivity contribution in [2.45, 2.75) is 84.5 Å². The van der Waals surface area contributed by atoms with E-state index in [0.29, 0.717) is 34.0 Å². The Morgan fingerprint density at radius 3 is 2.37 bits per heavy atom. The van der Waals surface area contributed by atoms with Gasteiger partial charge in [0.15, 0.2) is 0 Å². The topological polar surface area (TPSA) is 162 Å². The Kier molecular flexibility index (Phi) is 10.7. The molecule has 1 unspecified atom stereocenters. The van der Waals surface area contributed by atoms with Crippen LogP contribution in [0.15, 0.2) is 67.0 Å². The molecule has 2 aromatic heterocycles. The number of pyridine rings is 2. The predicted molar refractivity (Wildman–Crippen MR) is 237 cm³/mol. The van der Waals surface area contributed by atoms with Crippen LogP contribution in [-0.2, 0) is 9.59 Å². The van der Waals surface area contributed by atoms with Gasteiger partial charge in [0, 0.05) is 92.1 Å². The van der Waals surface area contributed by atoms with E-state index in [1.54, 1.807) is 30.6 Å². The summed E-state index contributed by atoms with van der Waals surface area (Å²) in [7, 11) is 0. The first-order chi connectivity index (χ1) is 30.1. The van der Waals surface area contributed by atoms with Crippen LogP contribution in [0.5, 0.6) is 5.75 Å². The molecule has 15 heteroatoms. The molecule has 4 aromatic rings. The van der Waals surface area contributed by atoms with Crippen molar-refractivity contribution in [1.29, 1.82) is 0 Å². The summed E-state index contributed by atoms with van der Waals surface area (Å²) < 4.78 is 6.66. The minimum Gasteiger partial charge on any atom is -0.489 e. The number of piperazine rings is 1. The van der Waals surface area contributed by atoms with E-state index in [2.05, 4.69) is 69.8 Å². The molecular weight excluding hydrogens is 799 g/mol. The summed E-state index contributed by atoms with van der Waals surface area (Å²) in [6, 6.07) is 15.6. The maximum Gasteiger partial charge on any atom is 0.262 e. The standard InChI is InChI=1S/C48H53N9O6/c1-28-26-56(31-10-11-32-34(24-31)44(62)57(43(32)61)36-13-16-39(58)52-42(36)60)23-22-55(28)27-29-17-20-54(21-18-29)38-15-9-30(25-51-38)41(59)53-45-47(2,3)46(48(45,4)5)63-37-14-12-35(49-6)40-33(37)8-7-19-50-40/h7-12,14-15,19,24-25,28-29,36,45-46H,13,16-18,20-23,26-27H2,1-5H3,(H,53,59)(H,52,58,60)/t28-,36?,45?,46?/m0/s1. The van der Waals surface area contributed by atoms with E-state index < -0.39 is 29.7 Å². The first kappa shape index (κ1) is 41.9.